The van der Waals surface area contributed by atoms with Gasteiger partial charge in [0.1, 0.15) is 11.9 Å². The molecule has 0 aliphatic carbocycles. The third kappa shape index (κ3) is 3.99. The van der Waals surface area contributed by atoms with Gasteiger partial charge in [-0.15, -0.1) is 0 Å². The maximum Gasteiger partial charge on any atom is 0.317 e. The molecule has 3 heterocycles. The minimum Gasteiger partial charge on any atom is -0.467 e. The molecule has 0 saturated carbocycles. The van der Waals surface area contributed by atoms with Crippen molar-refractivity contribution in [1.82, 2.24) is 10.2 Å². The van der Waals surface area contributed by atoms with Crippen LogP contribution in [-0.2, 0) is 0 Å². The summed E-state index contributed by atoms with van der Waals surface area (Å²) in [6, 6.07) is 5.66. The van der Waals surface area contributed by atoms with Crippen LogP contribution in [0.4, 0.5) is 4.79 Å². The molecule has 0 bridgehead atoms. The quantitative estimate of drug-likeness (QED) is 0.836. The fourth-order valence-corrected chi connectivity index (χ4v) is 4.00. The van der Waals surface area contributed by atoms with Crippen LogP contribution in [0.1, 0.15) is 49.5 Å². The predicted molar refractivity (Wildman–Crippen MR) is 94.1 cm³/mol. The number of nitrogens with one attached hydrogen (secondary N) is 1. The van der Waals surface area contributed by atoms with Crippen molar-refractivity contribution in [3.8, 4) is 0 Å². The zero-order valence-corrected chi connectivity index (χ0v) is 14.7. The lowest BCUT2D eigenvalue weighted by molar-refractivity contribution is 0.108. The van der Waals surface area contributed by atoms with Gasteiger partial charge >= 0.3 is 6.03 Å². The van der Waals surface area contributed by atoms with Crippen molar-refractivity contribution >= 4 is 17.4 Å². The topological polar surface area (TPSA) is 65.7 Å². The number of rotatable bonds is 6. The highest BCUT2D eigenvalue weighted by atomic mass is 32.1. The Kier molecular flexibility index (Phi) is 5.58. The van der Waals surface area contributed by atoms with Crippen LogP contribution >= 0.6 is 11.3 Å². The first kappa shape index (κ1) is 17.0. The molecule has 24 heavy (non-hydrogen) atoms. The van der Waals surface area contributed by atoms with E-state index in [1.54, 1.807) is 29.7 Å². The lowest BCUT2D eigenvalue weighted by atomic mass is 10.0. The first-order chi connectivity index (χ1) is 11.6. The molecule has 0 radical (unpaired) electrons. The predicted octanol–water partition coefficient (Wildman–Crippen LogP) is 3.74. The number of aliphatic hydroxyl groups is 1. The van der Waals surface area contributed by atoms with E-state index in [0.717, 1.165) is 19.4 Å². The molecule has 5 nitrogen and oxygen atoms in total. The highest BCUT2D eigenvalue weighted by Crippen LogP contribution is 2.27. The summed E-state index contributed by atoms with van der Waals surface area (Å²) in [5.41, 5.74) is 1.26. The normalized spacial score (nSPS) is 20.1. The van der Waals surface area contributed by atoms with Gasteiger partial charge in [-0.2, -0.15) is 11.3 Å². The lowest BCUT2D eigenvalue weighted by Crippen LogP contribution is -2.44. The number of likely N-dealkylation sites (tertiary alicyclic amines) is 1. The van der Waals surface area contributed by atoms with Gasteiger partial charge in [-0.3, -0.25) is 0 Å². The fraction of sp³-hybridized carbons (Fsp3) is 0.500. The lowest BCUT2D eigenvalue weighted by Gasteiger charge is -2.27. The summed E-state index contributed by atoms with van der Waals surface area (Å²) < 4.78 is 5.25. The van der Waals surface area contributed by atoms with Crippen molar-refractivity contribution in [2.45, 2.75) is 44.2 Å². The molecule has 130 valence electrons. The molecule has 0 aromatic carbocycles. The minimum atomic E-state index is -0.664. The maximum absolute atomic E-state index is 12.5. The number of hydrogen-bond donors (Lipinski definition) is 2. The number of thiophene rings is 1. The maximum atomic E-state index is 12.5. The van der Waals surface area contributed by atoms with Crippen LogP contribution in [0.15, 0.2) is 39.6 Å². The second-order valence-corrected chi connectivity index (χ2v) is 7.18. The van der Waals surface area contributed by atoms with E-state index in [4.69, 9.17) is 4.42 Å². The summed E-state index contributed by atoms with van der Waals surface area (Å²) in [5.74, 6) is 0.864. The van der Waals surface area contributed by atoms with Crippen molar-refractivity contribution in [1.29, 1.82) is 0 Å². The largest absolute Gasteiger partial charge is 0.467 e. The Labute approximate surface area is 146 Å². The van der Waals surface area contributed by atoms with Crippen molar-refractivity contribution in [2.24, 2.45) is 0 Å². The van der Waals surface area contributed by atoms with E-state index in [2.05, 4.69) is 29.1 Å². The van der Waals surface area contributed by atoms with E-state index in [1.165, 1.54) is 5.56 Å². The number of hydrogen-bond acceptors (Lipinski definition) is 4. The second-order valence-electron chi connectivity index (χ2n) is 6.40. The minimum absolute atomic E-state index is 0.0359. The van der Waals surface area contributed by atoms with Crippen LogP contribution in [0.3, 0.4) is 0 Å². The highest BCUT2D eigenvalue weighted by Gasteiger charge is 2.31. The number of amides is 2. The Morgan fingerprint density at radius 3 is 3.12 bits per heavy atom. The van der Waals surface area contributed by atoms with E-state index in [1.807, 2.05) is 4.90 Å². The van der Waals surface area contributed by atoms with Gasteiger partial charge in [-0.1, -0.05) is 6.92 Å². The number of carbonyl (C=O) groups is 1. The van der Waals surface area contributed by atoms with Crippen molar-refractivity contribution in [3.63, 3.8) is 0 Å². The Morgan fingerprint density at radius 2 is 2.42 bits per heavy atom. The number of furan rings is 1. The third-order valence-corrected chi connectivity index (χ3v) is 5.38. The standard InChI is InChI=1S/C18H24N2O3S/c1-13(14-6-9-24-12-14)11-19-18(22)20-7-2-4-15(20)10-16(21)17-5-3-8-23-17/h3,5-6,8-9,12-13,15-16,21H,2,4,7,10-11H2,1H3,(H,19,22). The van der Waals surface area contributed by atoms with Crippen molar-refractivity contribution < 1.29 is 14.3 Å². The molecule has 1 fully saturated rings. The third-order valence-electron chi connectivity index (χ3n) is 4.68. The van der Waals surface area contributed by atoms with Gasteiger partial charge in [0, 0.05) is 25.6 Å². The summed E-state index contributed by atoms with van der Waals surface area (Å²) in [6.07, 6.45) is 3.31. The van der Waals surface area contributed by atoms with Crippen molar-refractivity contribution in [3.05, 3.63) is 46.5 Å². The van der Waals surface area contributed by atoms with E-state index < -0.39 is 6.10 Å². The molecule has 1 aliphatic rings. The molecule has 0 spiro atoms. The monoisotopic (exact) mass is 348 g/mol. The van der Waals surface area contributed by atoms with E-state index >= 15 is 0 Å². The Hall–Kier alpha value is -1.79. The Morgan fingerprint density at radius 1 is 1.54 bits per heavy atom. The summed E-state index contributed by atoms with van der Waals surface area (Å²) in [6.45, 7) is 3.48. The SMILES string of the molecule is CC(CNC(=O)N1CCCC1CC(O)c1ccco1)c1ccsc1. The molecule has 2 N–H and O–H groups in total. The van der Waals surface area contributed by atoms with Gasteiger partial charge in [-0.05, 0) is 53.3 Å². The van der Waals surface area contributed by atoms with Crippen LogP contribution in [0.25, 0.3) is 0 Å². The smallest absolute Gasteiger partial charge is 0.317 e. The summed E-state index contributed by atoms with van der Waals surface area (Å²) >= 11 is 1.67. The van der Waals surface area contributed by atoms with Crippen LogP contribution in [0, 0.1) is 0 Å². The van der Waals surface area contributed by atoms with Crippen molar-refractivity contribution in [2.75, 3.05) is 13.1 Å². The molecule has 3 rings (SSSR count). The molecule has 2 aromatic heterocycles. The van der Waals surface area contributed by atoms with Crippen LogP contribution in [0.5, 0.6) is 0 Å². The second kappa shape index (κ2) is 7.85. The van der Waals surface area contributed by atoms with Gasteiger partial charge in [0.05, 0.1) is 6.26 Å². The average molecular weight is 348 g/mol. The average Bonchev–Trinajstić information content (AvgIpc) is 3.33. The zero-order chi connectivity index (χ0) is 16.9. The first-order valence-corrected chi connectivity index (χ1v) is 9.37. The van der Waals surface area contributed by atoms with E-state index in [0.29, 0.717) is 24.6 Å². The van der Waals surface area contributed by atoms with Gasteiger partial charge in [-0.25, -0.2) is 4.79 Å². The number of nitrogens with zero attached hydrogens (tertiary/aromatic N) is 1. The van der Waals surface area contributed by atoms with Crippen LogP contribution < -0.4 is 5.32 Å². The summed E-state index contributed by atoms with van der Waals surface area (Å²) in [4.78, 5) is 14.4. The molecule has 2 aromatic rings. The van der Waals surface area contributed by atoms with E-state index in [-0.39, 0.29) is 12.1 Å². The molecular formula is C18H24N2O3S. The summed E-state index contributed by atoms with van der Waals surface area (Å²) in [7, 11) is 0. The van der Waals surface area contributed by atoms with Gasteiger partial charge < -0.3 is 19.7 Å². The van der Waals surface area contributed by atoms with Gasteiger partial charge in [0.25, 0.3) is 0 Å². The summed E-state index contributed by atoms with van der Waals surface area (Å²) in [5, 5.41) is 17.5. The highest BCUT2D eigenvalue weighted by molar-refractivity contribution is 7.07. The molecule has 1 saturated heterocycles. The number of urea groups is 1. The van der Waals surface area contributed by atoms with Gasteiger partial charge in [0.15, 0.2) is 0 Å². The zero-order valence-electron chi connectivity index (χ0n) is 13.9. The fourth-order valence-electron chi connectivity index (χ4n) is 3.22. The van der Waals surface area contributed by atoms with E-state index in [9.17, 15) is 9.90 Å². The molecule has 6 heteroatoms. The number of aliphatic hydroxyl groups excluding tert-OH is 1. The molecule has 3 atom stereocenters. The number of carbonyl (C=O) groups excluding carboxylic acids is 1. The first-order valence-electron chi connectivity index (χ1n) is 8.43. The molecule has 2 amide bonds. The Bertz CT molecular complexity index is 627. The Balaban J connectivity index is 1.51. The van der Waals surface area contributed by atoms with Crippen LogP contribution in [-0.4, -0.2) is 35.2 Å². The molecule has 1 aliphatic heterocycles. The molecular weight excluding hydrogens is 324 g/mol. The van der Waals surface area contributed by atoms with Crippen LogP contribution in [0.2, 0.25) is 0 Å². The van der Waals surface area contributed by atoms with Gasteiger partial charge in [0.2, 0.25) is 0 Å². The molecule has 3 unspecified atom stereocenters.